The van der Waals surface area contributed by atoms with Crippen LogP contribution >= 0.6 is 0 Å². The van der Waals surface area contributed by atoms with Crippen LogP contribution in [0.15, 0.2) is 6.20 Å². The molecule has 8 heteroatoms. The third kappa shape index (κ3) is 3.00. The van der Waals surface area contributed by atoms with Crippen LogP contribution in [0.4, 0.5) is 13.2 Å². The SMILES string of the molecule is CC(C(=O)O)N(C)Cc1cnn(C)c1C(F)(F)F. The number of aryl methyl sites for hydroxylation is 1. The lowest BCUT2D eigenvalue weighted by atomic mass is 10.2. The average Bonchev–Trinajstić information content (AvgIpc) is 2.57. The largest absolute Gasteiger partial charge is 0.480 e. The van der Waals surface area contributed by atoms with Gasteiger partial charge in [0.2, 0.25) is 0 Å². The molecule has 0 fully saturated rings. The van der Waals surface area contributed by atoms with E-state index >= 15 is 0 Å². The quantitative estimate of drug-likeness (QED) is 0.892. The summed E-state index contributed by atoms with van der Waals surface area (Å²) in [4.78, 5) is 12.0. The number of halogens is 3. The van der Waals surface area contributed by atoms with Gasteiger partial charge in [-0.1, -0.05) is 0 Å². The predicted molar refractivity (Wildman–Crippen MR) is 56.8 cm³/mol. The van der Waals surface area contributed by atoms with Crippen molar-refractivity contribution in [3.63, 3.8) is 0 Å². The zero-order chi connectivity index (χ0) is 14.1. The molecule has 0 saturated carbocycles. The Morgan fingerprint density at radius 1 is 1.61 bits per heavy atom. The molecule has 1 N–H and O–H groups in total. The summed E-state index contributed by atoms with van der Waals surface area (Å²) in [7, 11) is 2.65. The highest BCUT2D eigenvalue weighted by atomic mass is 19.4. The van der Waals surface area contributed by atoms with Gasteiger partial charge in [-0.3, -0.25) is 14.4 Å². The number of hydrogen-bond acceptors (Lipinski definition) is 3. The molecular weight excluding hydrogens is 251 g/mol. The molecule has 0 saturated heterocycles. The van der Waals surface area contributed by atoms with Gasteiger partial charge in [0.25, 0.3) is 0 Å². The van der Waals surface area contributed by atoms with E-state index in [0.717, 1.165) is 10.9 Å². The number of alkyl halides is 3. The maximum Gasteiger partial charge on any atom is 0.433 e. The van der Waals surface area contributed by atoms with E-state index in [9.17, 15) is 18.0 Å². The molecule has 18 heavy (non-hydrogen) atoms. The Morgan fingerprint density at radius 3 is 2.61 bits per heavy atom. The second kappa shape index (κ2) is 4.97. The summed E-state index contributed by atoms with van der Waals surface area (Å²) in [5.41, 5.74) is -0.896. The number of nitrogens with zero attached hydrogens (tertiary/aromatic N) is 3. The fourth-order valence-electron chi connectivity index (χ4n) is 1.56. The summed E-state index contributed by atoms with van der Waals surface area (Å²) in [5.74, 6) is -1.09. The highest BCUT2D eigenvalue weighted by Crippen LogP contribution is 2.32. The zero-order valence-corrected chi connectivity index (χ0v) is 10.2. The number of aliphatic carboxylic acids is 1. The van der Waals surface area contributed by atoms with Crippen molar-refractivity contribution in [1.82, 2.24) is 14.7 Å². The Balaban J connectivity index is 2.96. The number of aromatic nitrogens is 2. The number of carbonyl (C=O) groups is 1. The lowest BCUT2D eigenvalue weighted by molar-refractivity contribution is -0.144. The first-order chi connectivity index (χ1) is 8.14. The van der Waals surface area contributed by atoms with E-state index in [4.69, 9.17) is 5.11 Å². The standard InChI is InChI=1S/C10H14F3N3O2/c1-6(9(17)18)15(2)5-7-4-14-16(3)8(7)10(11,12)13/h4,6H,5H2,1-3H3,(H,17,18). The Hall–Kier alpha value is -1.57. The lowest BCUT2D eigenvalue weighted by Gasteiger charge is -2.21. The highest BCUT2D eigenvalue weighted by Gasteiger charge is 2.37. The second-order valence-electron chi connectivity index (χ2n) is 4.07. The van der Waals surface area contributed by atoms with E-state index in [2.05, 4.69) is 5.10 Å². The van der Waals surface area contributed by atoms with Gasteiger partial charge in [-0.15, -0.1) is 0 Å². The average molecular weight is 265 g/mol. The molecule has 0 aliphatic rings. The first-order valence-electron chi connectivity index (χ1n) is 5.15. The third-order valence-corrected chi connectivity index (χ3v) is 2.72. The summed E-state index contributed by atoms with van der Waals surface area (Å²) < 4.78 is 39.0. The van der Waals surface area contributed by atoms with Crippen LogP contribution in [0.3, 0.4) is 0 Å². The van der Waals surface area contributed by atoms with Crippen LogP contribution in [0.2, 0.25) is 0 Å². The van der Waals surface area contributed by atoms with Gasteiger partial charge in [0.1, 0.15) is 11.7 Å². The van der Waals surface area contributed by atoms with E-state index < -0.39 is 23.9 Å². The van der Waals surface area contributed by atoms with Gasteiger partial charge in [-0.05, 0) is 14.0 Å². The first-order valence-corrected chi connectivity index (χ1v) is 5.15. The van der Waals surface area contributed by atoms with Crippen LogP contribution in [0.25, 0.3) is 0 Å². The zero-order valence-electron chi connectivity index (χ0n) is 10.2. The van der Waals surface area contributed by atoms with Gasteiger partial charge in [0.05, 0.1) is 6.20 Å². The topological polar surface area (TPSA) is 58.4 Å². The fourth-order valence-corrected chi connectivity index (χ4v) is 1.56. The molecule has 0 amide bonds. The minimum Gasteiger partial charge on any atom is -0.480 e. The third-order valence-electron chi connectivity index (χ3n) is 2.72. The predicted octanol–water partition coefficient (Wildman–Crippen LogP) is 1.34. The minimum absolute atomic E-state index is 0.0411. The fraction of sp³-hybridized carbons (Fsp3) is 0.600. The Labute approximate surface area is 102 Å². The molecule has 5 nitrogen and oxygen atoms in total. The summed E-state index contributed by atoms with van der Waals surface area (Å²) in [6, 6.07) is -0.869. The smallest absolute Gasteiger partial charge is 0.433 e. The van der Waals surface area contributed by atoms with Gasteiger partial charge < -0.3 is 5.11 Å². The number of hydrogen-bond donors (Lipinski definition) is 1. The molecule has 0 aliphatic heterocycles. The molecular formula is C10H14F3N3O2. The molecule has 0 bridgehead atoms. The second-order valence-corrected chi connectivity index (χ2v) is 4.07. The van der Waals surface area contributed by atoms with Gasteiger partial charge in [0.15, 0.2) is 0 Å². The number of carboxylic acids is 1. The highest BCUT2D eigenvalue weighted by molar-refractivity contribution is 5.72. The van der Waals surface area contributed by atoms with Crippen molar-refractivity contribution in [3.8, 4) is 0 Å². The molecule has 0 radical (unpaired) electrons. The van der Waals surface area contributed by atoms with Crippen LogP contribution in [0, 0.1) is 0 Å². The number of carboxylic acid groups (broad SMARTS) is 1. The Bertz CT molecular complexity index is 442. The molecule has 1 heterocycles. The van der Waals surface area contributed by atoms with Crippen LogP contribution in [0.1, 0.15) is 18.2 Å². The molecule has 1 aromatic rings. The van der Waals surface area contributed by atoms with Crippen LogP contribution < -0.4 is 0 Å². The van der Waals surface area contributed by atoms with Crippen molar-refractivity contribution in [2.75, 3.05) is 7.05 Å². The van der Waals surface area contributed by atoms with Crippen molar-refractivity contribution in [2.45, 2.75) is 25.7 Å². The molecule has 0 spiro atoms. The van der Waals surface area contributed by atoms with E-state index in [0.29, 0.717) is 0 Å². The van der Waals surface area contributed by atoms with Gasteiger partial charge >= 0.3 is 12.1 Å². The molecule has 102 valence electrons. The van der Waals surface area contributed by atoms with Gasteiger partial charge in [-0.2, -0.15) is 18.3 Å². The first kappa shape index (κ1) is 14.5. The van der Waals surface area contributed by atoms with Crippen molar-refractivity contribution >= 4 is 5.97 Å². The molecule has 1 atom stereocenters. The van der Waals surface area contributed by atoms with Crippen molar-refractivity contribution < 1.29 is 23.1 Å². The number of likely N-dealkylation sites (N-methyl/N-ethyl adjacent to an activating group) is 1. The molecule has 1 aromatic heterocycles. The molecule has 0 aromatic carbocycles. The molecule has 1 rings (SSSR count). The Morgan fingerprint density at radius 2 is 2.17 bits per heavy atom. The van der Waals surface area contributed by atoms with Crippen molar-refractivity contribution in [3.05, 3.63) is 17.5 Å². The lowest BCUT2D eigenvalue weighted by Crippen LogP contribution is -2.35. The molecule has 0 aliphatic carbocycles. The van der Waals surface area contributed by atoms with Crippen LogP contribution in [-0.4, -0.2) is 38.8 Å². The van der Waals surface area contributed by atoms with Gasteiger partial charge in [0, 0.05) is 19.2 Å². The van der Waals surface area contributed by atoms with Gasteiger partial charge in [-0.25, -0.2) is 0 Å². The summed E-state index contributed by atoms with van der Waals surface area (Å²) in [6.45, 7) is 1.28. The Kier molecular flexibility index (Phi) is 4.00. The van der Waals surface area contributed by atoms with E-state index in [1.54, 1.807) is 0 Å². The minimum atomic E-state index is -4.51. The van der Waals surface area contributed by atoms with Crippen molar-refractivity contribution in [2.24, 2.45) is 7.05 Å². The summed E-state index contributed by atoms with van der Waals surface area (Å²) in [5, 5.41) is 12.3. The summed E-state index contributed by atoms with van der Waals surface area (Å²) >= 11 is 0. The van der Waals surface area contributed by atoms with E-state index in [1.165, 1.54) is 25.9 Å². The monoisotopic (exact) mass is 265 g/mol. The van der Waals surface area contributed by atoms with Crippen molar-refractivity contribution in [1.29, 1.82) is 0 Å². The summed E-state index contributed by atoms with van der Waals surface area (Å²) in [6.07, 6.45) is -3.40. The molecule has 1 unspecified atom stereocenters. The van der Waals surface area contributed by atoms with E-state index in [-0.39, 0.29) is 12.1 Å². The number of rotatable bonds is 4. The van der Waals surface area contributed by atoms with Crippen LogP contribution in [-0.2, 0) is 24.6 Å². The van der Waals surface area contributed by atoms with Crippen LogP contribution in [0.5, 0.6) is 0 Å². The maximum absolute atomic E-state index is 12.8. The maximum atomic E-state index is 12.8. The van der Waals surface area contributed by atoms with E-state index in [1.807, 2.05) is 0 Å². The normalized spacial score (nSPS) is 13.9.